The lowest BCUT2D eigenvalue weighted by molar-refractivity contribution is 0.957. The number of nitrogens with zero attached hydrogens (tertiary/aromatic N) is 6. The summed E-state index contributed by atoms with van der Waals surface area (Å²) in [7, 11) is 0. The summed E-state index contributed by atoms with van der Waals surface area (Å²) in [5, 5.41) is 10.1. The molecule has 1 aliphatic rings. The van der Waals surface area contributed by atoms with E-state index in [-0.39, 0.29) is 0 Å². The van der Waals surface area contributed by atoms with Gasteiger partial charge in [0.2, 0.25) is 0 Å². The van der Waals surface area contributed by atoms with Crippen LogP contribution in [0.5, 0.6) is 0 Å². The van der Waals surface area contributed by atoms with Gasteiger partial charge in [-0.2, -0.15) is 0 Å². The minimum atomic E-state index is 0.735. The van der Waals surface area contributed by atoms with E-state index in [1.165, 1.54) is 149 Å². The van der Waals surface area contributed by atoms with Crippen LogP contribution < -0.4 is 4.90 Å². The second-order valence-corrected chi connectivity index (χ2v) is 26.4. The zero-order chi connectivity index (χ0) is 67.5. The Labute approximate surface area is 591 Å². The molecule has 480 valence electrons. The number of hydrogen-bond donors (Lipinski definition) is 0. The molecule has 0 bridgehead atoms. The molecule has 4 heterocycles. The van der Waals surface area contributed by atoms with Gasteiger partial charge in [-0.1, -0.05) is 273 Å². The van der Waals surface area contributed by atoms with Crippen LogP contribution in [0.1, 0.15) is 0 Å². The first-order valence-electron chi connectivity index (χ1n) is 35.0. The summed E-state index contributed by atoms with van der Waals surface area (Å²) < 4.78 is 6.99. The highest BCUT2D eigenvalue weighted by atomic mass is 15.2. The number of hydrogen-bond acceptors (Lipinski definition) is 3. The van der Waals surface area contributed by atoms with Crippen LogP contribution >= 0.6 is 0 Å². The maximum atomic E-state index is 5.10. The monoisotopic (exact) mass is 1300 g/mol. The van der Waals surface area contributed by atoms with Gasteiger partial charge in [0.15, 0.2) is 0 Å². The van der Waals surface area contributed by atoms with Crippen LogP contribution in [0.3, 0.4) is 0 Å². The van der Waals surface area contributed by atoms with Crippen molar-refractivity contribution in [2.24, 2.45) is 4.99 Å². The number of rotatable bonds is 11. The molecule has 0 atom stereocenters. The van der Waals surface area contributed by atoms with Crippen LogP contribution in [-0.4, -0.2) is 38.1 Å². The average molecular weight is 1300 g/mol. The van der Waals surface area contributed by atoms with Crippen molar-refractivity contribution in [1.82, 2.24) is 18.7 Å². The van der Waals surface area contributed by atoms with E-state index < -0.39 is 0 Å². The standard InChI is InChI=1S/C53H35N3.C43H31N3/c1-3-15-42(16-4-1)55-49-23-9-7-19-46(49)47-35-41(33-34-50(47)55)36-25-27-37(28-26-36)44-20-11-13-39-14-12-21-45(52(39)44)38-29-31-40(32-30-38)53-54-48-22-8-10-24-51(48)56(53)43-17-5-2-6-18-43;1-2-10-36(11-3-1)46-41-15-5-4-12-39(41)40-28-34(22-25-42(40)46)30-16-18-31(19-17-30)37-13-6-8-33-9-7-14-38(43(33)37)32-20-23-35(24-21-32)45-27-26-44-29-45/h1-35H;1-26,28H,27,29H2. The van der Waals surface area contributed by atoms with E-state index in [9.17, 15) is 0 Å². The highest BCUT2D eigenvalue weighted by molar-refractivity contribution is 6.13. The van der Waals surface area contributed by atoms with Gasteiger partial charge in [0.05, 0.1) is 39.6 Å². The van der Waals surface area contributed by atoms with Crippen LogP contribution in [0.15, 0.2) is 375 Å². The highest BCUT2D eigenvalue weighted by Crippen LogP contribution is 2.43. The summed E-state index contributed by atoms with van der Waals surface area (Å²) >= 11 is 0. The molecule has 20 rings (SSSR count). The van der Waals surface area contributed by atoms with Gasteiger partial charge in [-0.15, -0.1) is 0 Å². The first kappa shape index (κ1) is 59.8. The Hall–Kier alpha value is -13.4. The summed E-state index contributed by atoms with van der Waals surface area (Å²) in [5.74, 6) is 0.934. The average Bonchev–Trinajstić information content (AvgIpc) is 1.46. The van der Waals surface area contributed by atoms with Crippen molar-refractivity contribution >= 4 is 88.1 Å². The molecule has 16 aromatic carbocycles. The topological polar surface area (TPSA) is 43.3 Å². The summed E-state index contributed by atoms with van der Waals surface area (Å²) in [5.41, 5.74) is 27.3. The molecular formula is C96H66N6. The van der Waals surface area contributed by atoms with Gasteiger partial charge in [-0.3, -0.25) is 9.56 Å². The first-order valence-corrected chi connectivity index (χ1v) is 35.0. The fraction of sp³-hybridized carbons (Fsp3) is 0.0208. The summed E-state index contributed by atoms with van der Waals surface area (Å²) in [6, 6.07) is 134. The van der Waals surface area contributed by atoms with Crippen molar-refractivity contribution in [2.75, 3.05) is 18.1 Å². The molecule has 19 aromatic rings. The molecule has 1 aliphatic heterocycles. The molecule has 0 saturated heterocycles. The largest absolute Gasteiger partial charge is 0.347 e. The molecule has 0 N–H and O–H groups in total. The molecule has 0 saturated carbocycles. The van der Waals surface area contributed by atoms with Crippen molar-refractivity contribution in [3.8, 4) is 95.2 Å². The summed E-state index contributed by atoms with van der Waals surface area (Å²) in [6.45, 7) is 1.61. The molecule has 0 amide bonds. The molecule has 3 aromatic heterocycles. The SMILES string of the molecule is C1=NCN(c2ccc(-c3cccc4cccc(-c5ccc(-c6ccc7c(c6)c6ccccc6n7-c6ccccc6)cc5)c34)cc2)C1.c1ccc(-n2c(-c3ccc(-c4cccc5cccc(-c6ccc(-c7ccc8c(c7)c7ccccc7n8-c7ccccc7)cc6)c45)cc3)nc3ccccc32)cc1. The zero-order valence-electron chi connectivity index (χ0n) is 55.9. The predicted molar refractivity (Wildman–Crippen MR) is 430 cm³/mol. The zero-order valence-corrected chi connectivity index (χ0v) is 55.9. The van der Waals surface area contributed by atoms with Gasteiger partial charge in [0.25, 0.3) is 0 Å². The van der Waals surface area contributed by atoms with Gasteiger partial charge in [-0.25, -0.2) is 4.98 Å². The number of aromatic nitrogens is 4. The Balaban J connectivity index is 0.000000144. The summed E-state index contributed by atoms with van der Waals surface area (Å²) in [6.07, 6.45) is 1.99. The predicted octanol–water partition coefficient (Wildman–Crippen LogP) is 24.7. The normalized spacial score (nSPS) is 12.2. The van der Waals surface area contributed by atoms with E-state index in [0.29, 0.717) is 0 Å². The Kier molecular flexibility index (Phi) is 14.9. The fourth-order valence-electron chi connectivity index (χ4n) is 15.6. The van der Waals surface area contributed by atoms with Crippen molar-refractivity contribution in [3.63, 3.8) is 0 Å². The molecule has 0 spiro atoms. The fourth-order valence-corrected chi connectivity index (χ4v) is 15.6. The number of fused-ring (bicyclic) bond motifs is 9. The lowest BCUT2D eigenvalue weighted by Crippen LogP contribution is -2.19. The molecule has 6 nitrogen and oxygen atoms in total. The lowest BCUT2D eigenvalue weighted by atomic mass is 9.90. The van der Waals surface area contributed by atoms with Gasteiger partial charge >= 0.3 is 0 Å². The number of imidazole rings is 1. The van der Waals surface area contributed by atoms with E-state index in [4.69, 9.17) is 4.98 Å². The Bertz CT molecular complexity index is 6370. The minimum absolute atomic E-state index is 0.735. The maximum Gasteiger partial charge on any atom is 0.145 e. The maximum absolute atomic E-state index is 5.10. The smallest absolute Gasteiger partial charge is 0.145 e. The first-order chi connectivity index (χ1) is 50.6. The number of benzene rings is 16. The van der Waals surface area contributed by atoms with E-state index in [0.717, 1.165) is 41.3 Å². The van der Waals surface area contributed by atoms with Crippen LogP contribution in [0.25, 0.3) is 171 Å². The molecule has 102 heavy (non-hydrogen) atoms. The third-order valence-corrected chi connectivity index (χ3v) is 20.5. The quantitative estimate of drug-likeness (QED) is 0.130. The summed E-state index contributed by atoms with van der Waals surface area (Å²) in [4.78, 5) is 11.7. The van der Waals surface area contributed by atoms with Crippen LogP contribution in [-0.2, 0) is 0 Å². The van der Waals surface area contributed by atoms with Crippen LogP contribution in [0, 0.1) is 0 Å². The number of aliphatic imine (C=N–C) groups is 1. The molecule has 0 radical (unpaired) electrons. The van der Waals surface area contributed by atoms with E-state index in [2.05, 4.69) is 394 Å². The van der Waals surface area contributed by atoms with E-state index in [1.54, 1.807) is 0 Å². The number of para-hydroxylation sites is 7. The van der Waals surface area contributed by atoms with E-state index >= 15 is 0 Å². The van der Waals surface area contributed by atoms with Crippen molar-refractivity contribution in [1.29, 1.82) is 0 Å². The van der Waals surface area contributed by atoms with Crippen molar-refractivity contribution in [3.05, 3.63) is 370 Å². The van der Waals surface area contributed by atoms with Gasteiger partial charge in [0, 0.05) is 56.1 Å². The molecule has 6 heteroatoms. The molecule has 0 fully saturated rings. The molecular weight excluding hydrogens is 1240 g/mol. The van der Waals surface area contributed by atoms with E-state index in [1.807, 2.05) is 6.21 Å². The van der Waals surface area contributed by atoms with Crippen molar-refractivity contribution < 1.29 is 0 Å². The Morgan fingerprint density at radius 1 is 0.235 bits per heavy atom. The third kappa shape index (κ3) is 10.6. The Morgan fingerprint density at radius 2 is 0.588 bits per heavy atom. The highest BCUT2D eigenvalue weighted by Gasteiger charge is 2.20. The Morgan fingerprint density at radius 3 is 1.02 bits per heavy atom. The lowest BCUT2D eigenvalue weighted by Gasteiger charge is -2.17. The van der Waals surface area contributed by atoms with Crippen LogP contribution in [0.2, 0.25) is 0 Å². The molecule has 0 unspecified atom stereocenters. The van der Waals surface area contributed by atoms with Crippen molar-refractivity contribution in [2.45, 2.75) is 0 Å². The number of anilines is 1. The minimum Gasteiger partial charge on any atom is -0.347 e. The second kappa shape index (κ2) is 25.5. The third-order valence-electron chi connectivity index (χ3n) is 20.5. The van der Waals surface area contributed by atoms with Gasteiger partial charge < -0.3 is 14.0 Å². The van der Waals surface area contributed by atoms with Gasteiger partial charge in [-0.05, 0) is 185 Å². The van der Waals surface area contributed by atoms with Gasteiger partial charge in [0.1, 0.15) is 12.5 Å². The molecule has 0 aliphatic carbocycles. The second-order valence-electron chi connectivity index (χ2n) is 26.4. The van der Waals surface area contributed by atoms with Crippen LogP contribution in [0.4, 0.5) is 5.69 Å².